The van der Waals surface area contributed by atoms with Gasteiger partial charge >= 0.3 is 234 Å². The Labute approximate surface area is 235 Å². The van der Waals surface area contributed by atoms with Gasteiger partial charge in [0.05, 0.1) is 0 Å². The average molecular weight is 748 g/mol. The molecule has 0 spiro atoms. The molecule has 0 bridgehead atoms. The van der Waals surface area contributed by atoms with Crippen molar-refractivity contribution in [3.63, 3.8) is 0 Å². The molecular weight excluding hydrogens is 738 g/mol. The minimum atomic E-state index is -9.19. The third kappa shape index (κ3) is 4.98. The molecule has 0 radical (unpaired) electrons. The van der Waals surface area contributed by atoms with Gasteiger partial charge in [-0.2, -0.15) is 0 Å². The van der Waals surface area contributed by atoms with Crippen molar-refractivity contribution in [3.8, 4) is 0 Å². The molecule has 0 nitrogen and oxygen atoms in total. The van der Waals surface area contributed by atoms with Crippen molar-refractivity contribution in [1.82, 2.24) is 0 Å². The molecule has 0 saturated heterocycles. The van der Waals surface area contributed by atoms with Crippen molar-refractivity contribution in [3.05, 3.63) is 60.7 Å². The summed E-state index contributed by atoms with van der Waals surface area (Å²) in [6, 6.07) is 7.48. The van der Waals surface area contributed by atoms with Crippen LogP contribution in [0, 0.1) is 0 Å². The van der Waals surface area contributed by atoms with Crippen LogP contribution >= 0.6 is 0 Å². The molecule has 0 aliphatic carbocycles. The summed E-state index contributed by atoms with van der Waals surface area (Å²) in [5.41, 5.74) is 0. The van der Waals surface area contributed by atoms with E-state index in [4.69, 9.17) is 0 Å². The van der Waals surface area contributed by atoms with Crippen LogP contribution in [-0.2, 0) is 0 Å². The molecule has 0 heterocycles. The maximum absolute atomic E-state index is 15.2. The fourth-order valence-corrected chi connectivity index (χ4v) is 8.16. The molecule has 0 atom stereocenters. The van der Waals surface area contributed by atoms with Crippen LogP contribution in [0.4, 0.5) is 92.2 Å². The molecule has 0 unspecified atom stereocenters. The summed E-state index contributed by atoms with van der Waals surface area (Å²) in [6.07, 6.45) is -8.01. The Bertz CT molecular complexity index is 1240. The Hall–Kier alpha value is -2.47. The van der Waals surface area contributed by atoms with Crippen LogP contribution < -0.4 is 8.70 Å². The number of rotatable bonds is 11. The summed E-state index contributed by atoms with van der Waals surface area (Å²) in [7, 11) is 0. The van der Waals surface area contributed by atoms with Gasteiger partial charge in [0.1, 0.15) is 0 Å². The molecule has 250 valence electrons. The number of hydrogen-bond donors (Lipinski definition) is 0. The number of halogens is 21. The van der Waals surface area contributed by atoms with Crippen molar-refractivity contribution in [1.29, 1.82) is 0 Å². The number of hydrogen-bond acceptors (Lipinski definition) is 0. The maximum atomic E-state index is 15.2. The van der Waals surface area contributed by atoms with E-state index < -0.39 is 81.6 Å². The Balaban J connectivity index is 2.79. The number of alkyl halides is 21. The Kier molecular flexibility index (Phi) is 9.27. The zero-order valence-electron chi connectivity index (χ0n) is 20.2. The zero-order chi connectivity index (χ0) is 34.8. The van der Waals surface area contributed by atoms with Crippen molar-refractivity contribution < 1.29 is 92.2 Å². The quantitative estimate of drug-likeness (QED) is 0.161. The Morgan fingerprint density at radius 3 is 0.773 bits per heavy atom. The second-order valence-corrected chi connectivity index (χ2v) is 13.4. The molecule has 0 amide bonds. The average Bonchev–Trinajstić information content (AvgIpc) is 2.88. The van der Waals surface area contributed by atoms with Crippen molar-refractivity contribution in [2.45, 2.75) is 58.3 Å². The topological polar surface area (TPSA) is 0 Å². The molecule has 2 aromatic rings. The van der Waals surface area contributed by atoms with E-state index in [1.54, 1.807) is 0 Å². The van der Waals surface area contributed by atoms with Crippen LogP contribution in [0.1, 0.15) is 0 Å². The monoisotopic (exact) mass is 748 g/mol. The van der Waals surface area contributed by atoms with Crippen LogP contribution in [0.3, 0.4) is 0 Å². The van der Waals surface area contributed by atoms with E-state index in [2.05, 4.69) is 0 Å². The van der Waals surface area contributed by atoms with Crippen molar-refractivity contribution in [2.24, 2.45) is 0 Å². The molecule has 0 N–H and O–H groups in total. The van der Waals surface area contributed by atoms with Crippen LogP contribution in [0.2, 0.25) is 0 Å². The first-order valence-electron chi connectivity index (χ1n) is 10.7. The molecule has 0 saturated carbocycles. The second kappa shape index (κ2) is 10.8. The SMILES string of the molecule is FC(F)(F)C(F)(F)C(F)(F)C(F)(F)C(F)(F)C(F)(F)C(F)(F)C(F)(F)C(F)(F)C(F)(F)[As](c1ccccc1)c1ccccc1. The molecule has 2 aromatic carbocycles. The Morgan fingerprint density at radius 2 is 0.523 bits per heavy atom. The summed E-state index contributed by atoms with van der Waals surface area (Å²) in [6.45, 7) is 0. The summed E-state index contributed by atoms with van der Waals surface area (Å²) in [5.74, 6) is -70.4. The molecule has 0 aromatic heterocycles. The van der Waals surface area contributed by atoms with Gasteiger partial charge in [-0.05, 0) is 0 Å². The van der Waals surface area contributed by atoms with Gasteiger partial charge in [-0.25, -0.2) is 0 Å². The molecule has 44 heavy (non-hydrogen) atoms. The van der Waals surface area contributed by atoms with Gasteiger partial charge in [0.15, 0.2) is 0 Å². The van der Waals surface area contributed by atoms with Crippen molar-refractivity contribution >= 4 is 23.4 Å². The van der Waals surface area contributed by atoms with Gasteiger partial charge in [0.2, 0.25) is 0 Å². The van der Waals surface area contributed by atoms with E-state index in [1.165, 1.54) is 0 Å². The van der Waals surface area contributed by atoms with E-state index in [-0.39, 0.29) is 0 Å². The van der Waals surface area contributed by atoms with Crippen LogP contribution in [-0.4, -0.2) is 72.9 Å². The molecule has 0 aliphatic rings. The summed E-state index contributed by atoms with van der Waals surface area (Å²) in [5, 5.41) is 0. The van der Waals surface area contributed by atoms with E-state index in [9.17, 15) is 83.4 Å². The fraction of sp³-hybridized carbons (Fsp3) is 0.455. The first kappa shape index (κ1) is 37.7. The van der Waals surface area contributed by atoms with E-state index in [0.29, 0.717) is 24.3 Å². The fourth-order valence-electron chi connectivity index (χ4n) is 3.32. The first-order valence-corrected chi connectivity index (χ1v) is 13.5. The van der Waals surface area contributed by atoms with Crippen LogP contribution in [0.15, 0.2) is 60.7 Å². The normalized spacial score (nSPS) is 15.6. The van der Waals surface area contributed by atoms with Crippen molar-refractivity contribution in [2.75, 3.05) is 0 Å². The Morgan fingerprint density at radius 1 is 0.295 bits per heavy atom. The van der Waals surface area contributed by atoms with Crippen LogP contribution in [0.25, 0.3) is 0 Å². The summed E-state index contributed by atoms with van der Waals surface area (Å²) < 4.78 is 281. The van der Waals surface area contributed by atoms with E-state index in [1.807, 2.05) is 0 Å². The van der Waals surface area contributed by atoms with Crippen LogP contribution in [0.5, 0.6) is 0 Å². The van der Waals surface area contributed by atoms with Gasteiger partial charge in [-0.3, -0.25) is 0 Å². The third-order valence-electron chi connectivity index (χ3n) is 5.80. The molecule has 22 heteroatoms. The zero-order valence-corrected chi connectivity index (χ0v) is 22.0. The van der Waals surface area contributed by atoms with E-state index >= 15 is 8.78 Å². The van der Waals surface area contributed by atoms with Gasteiger partial charge in [0, 0.05) is 0 Å². The predicted molar refractivity (Wildman–Crippen MR) is 108 cm³/mol. The van der Waals surface area contributed by atoms with Gasteiger partial charge in [0.25, 0.3) is 0 Å². The molecule has 0 fully saturated rings. The molecule has 0 aliphatic heterocycles. The minimum absolute atomic E-state index is 0.541. The summed E-state index contributed by atoms with van der Waals surface area (Å²) >= 11 is -5.57. The van der Waals surface area contributed by atoms with Gasteiger partial charge in [-0.15, -0.1) is 0 Å². The predicted octanol–water partition coefficient (Wildman–Crippen LogP) is 8.11. The number of benzene rings is 2. The summed E-state index contributed by atoms with van der Waals surface area (Å²) in [4.78, 5) is 0. The first-order chi connectivity index (χ1) is 19.3. The standard InChI is InChI=1S/C22H10AsF21/c24-13(25,14(26,27)16(30,31)18(34,35)20(38,39)22(42,43)44)15(28,29)17(32,33)19(36,37)21(40,41)23(11-7-3-1-4-8-11)12-9-5-2-6-10-12/h1-10H. The van der Waals surface area contributed by atoms with Gasteiger partial charge in [-0.1, -0.05) is 0 Å². The van der Waals surface area contributed by atoms with Gasteiger partial charge < -0.3 is 0 Å². The van der Waals surface area contributed by atoms with E-state index in [0.717, 1.165) is 36.4 Å². The second-order valence-electron chi connectivity index (χ2n) is 8.64. The molecular formula is C22H10AsF21. The third-order valence-corrected chi connectivity index (χ3v) is 11.0. The molecule has 2 rings (SSSR count).